The molecule has 0 spiro atoms. The third kappa shape index (κ3) is 2.62. The molecule has 16 heavy (non-hydrogen) atoms. The zero-order valence-corrected chi connectivity index (χ0v) is 10.3. The average Bonchev–Trinajstić information content (AvgIpc) is 3.02. The van der Waals surface area contributed by atoms with Gasteiger partial charge in [-0.05, 0) is 52.1 Å². The lowest BCUT2D eigenvalue weighted by molar-refractivity contribution is 0.378. The van der Waals surface area contributed by atoms with E-state index in [-0.39, 0.29) is 11.4 Å². The lowest BCUT2D eigenvalue weighted by Gasteiger charge is -2.28. The first kappa shape index (κ1) is 11.6. The Hall–Kier alpha value is -0.890. The Morgan fingerprint density at radius 2 is 2.06 bits per heavy atom. The van der Waals surface area contributed by atoms with Gasteiger partial charge < -0.3 is 5.32 Å². The Morgan fingerprint density at radius 1 is 1.38 bits per heavy atom. The van der Waals surface area contributed by atoms with Crippen LogP contribution in [0, 0.1) is 18.7 Å². The number of nitrogens with one attached hydrogen (secondary N) is 1. The first-order valence-corrected chi connectivity index (χ1v) is 6.01. The fourth-order valence-electron chi connectivity index (χ4n) is 1.93. The quantitative estimate of drug-likeness (QED) is 0.822. The smallest absolute Gasteiger partial charge is 0.128 e. The van der Waals surface area contributed by atoms with Gasteiger partial charge in [0.2, 0.25) is 0 Å². The van der Waals surface area contributed by atoms with Gasteiger partial charge in [-0.25, -0.2) is 4.39 Å². The summed E-state index contributed by atoms with van der Waals surface area (Å²) in [7, 11) is 0. The molecule has 0 radical (unpaired) electrons. The molecule has 1 fully saturated rings. The summed E-state index contributed by atoms with van der Waals surface area (Å²) in [5, 5.41) is 3.47. The molecule has 0 amide bonds. The second-order valence-electron chi connectivity index (χ2n) is 5.43. The van der Waals surface area contributed by atoms with Crippen LogP contribution in [0.4, 0.5) is 4.39 Å². The van der Waals surface area contributed by atoms with E-state index in [1.807, 2.05) is 32.9 Å². The maximum absolute atomic E-state index is 13.8. The van der Waals surface area contributed by atoms with Crippen molar-refractivity contribution in [2.24, 2.45) is 5.92 Å². The molecule has 1 nitrogen and oxygen atoms in total. The highest BCUT2D eigenvalue weighted by Crippen LogP contribution is 2.30. The van der Waals surface area contributed by atoms with Crippen molar-refractivity contribution in [3.8, 4) is 0 Å². The molecule has 1 aliphatic carbocycles. The van der Waals surface area contributed by atoms with Crippen LogP contribution in [-0.2, 0) is 5.54 Å². The van der Waals surface area contributed by atoms with E-state index in [1.54, 1.807) is 6.07 Å². The average molecular weight is 221 g/mol. The Bertz CT molecular complexity index is 380. The Kier molecular flexibility index (Phi) is 3.02. The molecule has 0 heterocycles. The second kappa shape index (κ2) is 4.17. The van der Waals surface area contributed by atoms with E-state index >= 15 is 0 Å². The van der Waals surface area contributed by atoms with E-state index in [1.165, 1.54) is 12.8 Å². The lowest BCUT2D eigenvalue weighted by Crippen LogP contribution is -2.38. The topological polar surface area (TPSA) is 12.0 Å². The highest BCUT2D eigenvalue weighted by Gasteiger charge is 2.28. The van der Waals surface area contributed by atoms with E-state index < -0.39 is 0 Å². The van der Waals surface area contributed by atoms with Gasteiger partial charge in [0.15, 0.2) is 0 Å². The molecule has 1 saturated carbocycles. The summed E-state index contributed by atoms with van der Waals surface area (Å²) in [6.07, 6.45) is 2.64. The molecule has 0 aliphatic heterocycles. The van der Waals surface area contributed by atoms with E-state index in [4.69, 9.17) is 0 Å². The molecule has 1 N–H and O–H groups in total. The summed E-state index contributed by atoms with van der Waals surface area (Å²) in [6, 6.07) is 5.32. The first-order valence-electron chi connectivity index (χ1n) is 6.01. The van der Waals surface area contributed by atoms with Crippen LogP contribution >= 0.6 is 0 Å². The third-order valence-electron chi connectivity index (χ3n) is 3.32. The second-order valence-corrected chi connectivity index (χ2v) is 5.43. The normalized spacial score (nSPS) is 16.5. The Morgan fingerprint density at radius 3 is 2.69 bits per heavy atom. The van der Waals surface area contributed by atoms with Gasteiger partial charge in [-0.15, -0.1) is 0 Å². The molecule has 0 unspecified atom stereocenters. The predicted octanol–water partition coefficient (Wildman–Crippen LogP) is 3.37. The summed E-state index contributed by atoms with van der Waals surface area (Å²) in [4.78, 5) is 0. The van der Waals surface area contributed by atoms with Crippen molar-refractivity contribution in [3.63, 3.8) is 0 Å². The lowest BCUT2D eigenvalue weighted by atomic mass is 9.92. The van der Waals surface area contributed by atoms with Gasteiger partial charge in [-0.2, -0.15) is 0 Å². The zero-order valence-electron chi connectivity index (χ0n) is 10.3. The SMILES string of the molecule is Cc1ccc(F)c(C(C)(C)NCC2CC2)c1. The molecule has 88 valence electrons. The summed E-state index contributed by atoms with van der Waals surface area (Å²) in [5.74, 6) is 0.700. The largest absolute Gasteiger partial charge is 0.307 e. The molecule has 0 aromatic heterocycles. The fourth-order valence-corrected chi connectivity index (χ4v) is 1.93. The monoisotopic (exact) mass is 221 g/mol. The van der Waals surface area contributed by atoms with Crippen LogP contribution in [0.1, 0.15) is 37.8 Å². The molecule has 2 rings (SSSR count). The van der Waals surface area contributed by atoms with Crippen molar-refractivity contribution in [2.45, 2.75) is 39.2 Å². The van der Waals surface area contributed by atoms with Crippen LogP contribution in [0.2, 0.25) is 0 Å². The van der Waals surface area contributed by atoms with Crippen molar-refractivity contribution in [1.29, 1.82) is 0 Å². The van der Waals surface area contributed by atoms with E-state index in [2.05, 4.69) is 5.32 Å². The molecule has 1 aromatic carbocycles. The van der Waals surface area contributed by atoms with Crippen LogP contribution in [0.3, 0.4) is 0 Å². The molecule has 1 aliphatic rings. The van der Waals surface area contributed by atoms with Gasteiger partial charge in [-0.3, -0.25) is 0 Å². The van der Waals surface area contributed by atoms with Gasteiger partial charge in [0.25, 0.3) is 0 Å². The summed E-state index contributed by atoms with van der Waals surface area (Å²) in [5.41, 5.74) is 1.60. The van der Waals surface area contributed by atoms with Crippen molar-refractivity contribution in [2.75, 3.05) is 6.54 Å². The third-order valence-corrected chi connectivity index (χ3v) is 3.32. The first-order chi connectivity index (χ1) is 7.49. The maximum atomic E-state index is 13.8. The molecule has 1 aromatic rings. The standard InChI is InChI=1S/C14H20FN/c1-10-4-7-13(15)12(8-10)14(2,3)16-9-11-5-6-11/h4,7-8,11,16H,5-6,9H2,1-3H3. The number of halogens is 1. The molecular weight excluding hydrogens is 201 g/mol. The summed E-state index contributed by atoms with van der Waals surface area (Å²) >= 11 is 0. The van der Waals surface area contributed by atoms with E-state index in [9.17, 15) is 4.39 Å². The number of benzene rings is 1. The highest BCUT2D eigenvalue weighted by atomic mass is 19.1. The van der Waals surface area contributed by atoms with Crippen molar-refractivity contribution < 1.29 is 4.39 Å². The van der Waals surface area contributed by atoms with Gasteiger partial charge in [0, 0.05) is 11.1 Å². The Balaban J connectivity index is 2.15. The molecule has 0 bridgehead atoms. The minimum Gasteiger partial charge on any atom is -0.307 e. The Labute approximate surface area is 97.1 Å². The minimum absolute atomic E-state index is 0.112. The van der Waals surface area contributed by atoms with Crippen molar-refractivity contribution in [3.05, 3.63) is 35.1 Å². The van der Waals surface area contributed by atoms with E-state index in [0.717, 1.165) is 23.6 Å². The molecule has 0 saturated heterocycles. The maximum Gasteiger partial charge on any atom is 0.128 e. The summed E-state index contributed by atoms with van der Waals surface area (Å²) in [6.45, 7) is 7.10. The van der Waals surface area contributed by atoms with Crippen LogP contribution in [0.5, 0.6) is 0 Å². The fraction of sp³-hybridized carbons (Fsp3) is 0.571. The van der Waals surface area contributed by atoms with Gasteiger partial charge in [-0.1, -0.05) is 17.7 Å². The minimum atomic E-state index is -0.279. The van der Waals surface area contributed by atoms with Crippen LogP contribution in [0.15, 0.2) is 18.2 Å². The van der Waals surface area contributed by atoms with E-state index in [0.29, 0.717) is 0 Å². The van der Waals surface area contributed by atoms with Crippen molar-refractivity contribution >= 4 is 0 Å². The molecular formula is C14H20FN. The van der Waals surface area contributed by atoms with Gasteiger partial charge in [0.05, 0.1) is 0 Å². The van der Waals surface area contributed by atoms with Gasteiger partial charge >= 0.3 is 0 Å². The van der Waals surface area contributed by atoms with Crippen LogP contribution in [0.25, 0.3) is 0 Å². The van der Waals surface area contributed by atoms with Gasteiger partial charge in [0.1, 0.15) is 5.82 Å². The zero-order chi connectivity index (χ0) is 11.8. The number of hydrogen-bond donors (Lipinski definition) is 1. The van der Waals surface area contributed by atoms with Crippen molar-refractivity contribution in [1.82, 2.24) is 5.32 Å². The summed E-state index contributed by atoms with van der Waals surface area (Å²) < 4.78 is 13.8. The number of aryl methyl sites for hydroxylation is 1. The molecule has 0 atom stereocenters. The van der Waals surface area contributed by atoms with Crippen LogP contribution < -0.4 is 5.32 Å². The highest BCUT2D eigenvalue weighted by molar-refractivity contribution is 5.29. The predicted molar refractivity (Wildman–Crippen MR) is 64.9 cm³/mol. The number of rotatable bonds is 4. The van der Waals surface area contributed by atoms with Crippen LogP contribution in [-0.4, -0.2) is 6.54 Å². The number of hydrogen-bond acceptors (Lipinski definition) is 1. The molecule has 2 heteroatoms.